The Labute approximate surface area is 99.8 Å². The van der Waals surface area contributed by atoms with Crippen molar-refractivity contribution in [1.82, 2.24) is 5.32 Å². The van der Waals surface area contributed by atoms with Gasteiger partial charge in [-0.15, -0.1) is 0 Å². The summed E-state index contributed by atoms with van der Waals surface area (Å²) >= 11 is 0. The molecule has 0 aliphatic heterocycles. The standard InChI is InChI=1S/C12H17NO4/c1-4-6-12(3,11(15)16)13-10(14)9-5-7-17-8(9)2/h5,7H,4,6H2,1-3H3,(H,13,14)(H,15,16). The number of rotatable bonds is 5. The number of carboxylic acids is 1. The van der Waals surface area contributed by atoms with E-state index < -0.39 is 17.4 Å². The van der Waals surface area contributed by atoms with E-state index in [4.69, 9.17) is 9.52 Å². The Hall–Kier alpha value is -1.78. The highest BCUT2D eigenvalue weighted by Gasteiger charge is 2.34. The van der Waals surface area contributed by atoms with Crippen molar-refractivity contribution in [2.75, 3.05) is 0 Å². The Balaban J connectivity index is 2.85. The van der Waals surface area contributed by atoms with Crippen LogP contribution in [0.25, 0.3) is 0 Å². The van der Waals surface area contributed by atoms with Gasteiger partial charge < -0.3 is 14.8 Å². The van der Waals surface area contributed by atoms with Crippen LogP contribution in [0, 0.1) is 6.92 Å². The van der Waals surface area contributed by atoms with Crippen LogP contribution in [0.15, 0.2) is 16.7 Å². The lowest BCUT2D eigenvalue weighted by Crippen LogP contribution is -2.52. The summed E-state index contributed by atoms with van der Waals surface area (Å²) in [7, 11) is 0. The number of carbonyl (C=O) groups is 2. The second kappa shape index (κ2) is 5.03. The number of carbonyl (C=O) groups excluding carboxylic acids is 1. The van der Waals surface area contributed by atoms with Gasteiger partial charge in [0, 0.05) is 0 Å². The number of hydrogen-bond donors (Lipinski definition) is 2. The van der Waals surface area contributed by atoms with E-state index in [-0.39, 0.29) is 0 Å². The normalized spacial score (nSPS) is 14.1. The molecule has 0 spiro atoms. The van der Waals surface area contributed by atoms with Gasteiger partial charge in [0.1, 0.15) is 11.3 Å². The summed E-state index contributed by atoms with van der Waals surface area (Å²) < 4.78 is 5.01. The Morgan fingerprint density at radius 3 is 2.59 bits per heavy atom. The molecular weight excluding hydrogens is 222 g/mol. The number of aryl methyl sites for hydroxylation is 1. The summed E-state index contributed by atoms with van der Waals surface area (Å²) in [5.74, 6) is -0.977. The van der Waals surface area contributed by atoms with Crippen LogP contribution in [0.3, 0.4) is 0 Å². The van der Waals surface area contributed by atoms with E-state index >= 15 is 0 Å². The van der Waals surface area contributed by atoms with Crippen molar-refractivity contribution in [1.29, 1.82) is 0 Å². The number of carboxylic acid groups (broad SMARTS) is 1. The third-order valence-corrected chi connectivity index (χ3v) is 2.71. The van der Waals surface area contributed by atoms with Crippen molar-refractivity contribution in [3.8, 4) is 0 Å². The fourth-order valence-electron chi connectivity index (χ4n) is 1.66. The predicted octanol–water partition coefficient (Wildman–Crippen LogP) is 1.96. The third-order valence-electron chi connectivity index (χ3n) is 2.71. The molecule has 2 N–H and O–H groups in total. The van der Waals surface area contributed by atoms with Crippen molar-refractivity contribution < 1.29 is 19.1 Å². The fourth-order valence-corrected chi connectivity index (χ4v) is 1.66. The lowest BCUT2D eigenvalue weighted by molar-refractivity contribution is -0.144. The van der Waals surface area contributed by atoms with E-state index in [1.807, 2.05) is 6.92 Å². The number of furan rings is 1. The Bertz CT molecular complexity index is 424. The summed E-state index contributed by atoms with van der Waals surface area (Å²) in [6.45, 7) is 5.04. The highest BCUT2D eigenvalue weighted by molar-refractivity contribution is 5.98. The first-order chi connectivity index (χ1) is 7.90. The smallest absolute Gasteiger partial charge is 0.329 e. The molecule has 1 aromatic rings. The molecule has 5 nitrogen and oxygen atoms in total. The maximum atomic E-state index is 11.9. The molecule has 5 heteroatoms. The van der Waals surface area contributed by atoms with Gasteiger partial charge in [0.15, 0.2) is 0 Å². The quantitative estimate of drug-likeness (QED) is 0.823. The van der Waals surface area contributed by atoms with Gasteiger partial charge in [-0.2, -0.15) is 0 Å². The molecule has 0 aliphatic rings. The van der Waals surface area contributed by atoms with E-state index in [0.717, 1.165) is 0 Å². The minimum Gasteiger partial charge on any atom is -0.480 e. The third kappa shape index (κ3) is 2.87. The van der Waals surface area contributed by atoms with Crippen molar-refractivity contribution in [3.05, 3.63) is 23.7 Å². The number of hydrogen-bond acceptors (Lipinski definition) is 3. The van der Waals surface area contributed by atoms with Gasteiger partial charge in [0.25, 0.3) is 5.91 Å². The molecule has 1 heterocycles. The van der Waals surface area contributed by atoms with Crippen LogP contribution < -0.4 is 5.32 Å². The summed E-state index contributed by atoms with van der Waals surface area (Å²) in [6, 6.07) is 1.53. The highest BCUT2D eigenvalue weighted by Crippen LogP contribution is 2.15. The molecule has 1 rings (SSSR count). The molecule has 17 heavy (non-hydrogen) atoms. The Kier molecular flexibility index (Phi) is 3.93. The fraction of sp³-hybridized carbons (Fsp3) is 0.500. The van der Waals surface area contributed by atoms with Gasteiger partial charge in [-0.25, -0.2) is 4.79 Å². The molecule has 0 aromatic carbocycles. The second-order valence-electron chi connectivity index (χ2n) is 4.23. The van der Waals surface area contributed by atoms with Crippen LogP contribution >= 0.6 is 0 Å². The van der Waals surface area contributed by atoms with Crippen molar-refractivity contribution in [2.45, 2.75) is 39.2 Å². The molecular formula is C12H17NO4. The van der Waals surface area contributed by atoms with Gasteiger partial charge in [0.2, 0.25) is 0 Å². The Morgan fingerprint density at radius 2 is 2.18 bits per heavy atom. The lowest BCUT2D eigenvalue weighted by atomic mass is 9.96. The van der Waals surface area contributed by atoms with Crippen LogP contribution in [0.2, 0.25) is 0 Å². The molecule has 0 saturated carbocycles. The van der Waals surface area contributed by atoms with Crippen LogP contribution in [-0.4, -0.2) is 22.5 Å². The zero-order valence-electron chi connectivity index (χ0n) is 10.2. The first-order valence-electron chi connectivity index (χ1n) is 5.50. The molecule has 0 aliphatic carbocycles. The van der Waals surface area contributed by atoms with Gasteiger partial charge in [-0.1, -0.05) is 13.3 Å². The van der Waals surface area contributed by atoms with Gasteiger partial charge >= 0.3 is 5.97 Å². The maximum Gasteiger partial charge on any atom is 0.329 e. The second-order valence-corrected chi connectivity index (χ2v) is 4.23. The molecule has 0 bridgehead atoms. The number of nitrogens with one attached hydrogen (secondary N) is 1. The van der Waals surface area contributed by atoms with Crippen LogP contribution in [0.1, 0.15) is 42.8 Å². The molecule has 0 saturated heterocycles. The van der Waals surface area contributed by atoms with E-state index in [1.165, 1.54) is 19.3 Å². The zero-order valence-corrected chi connectivity index (χ0v) is 10.2. The average Bonchev–Trinajstić information content (AvgIpc) is 2.64. The van der Waals surface area contributed by atoms with E-state index in [1.54, 1.807) is 6.92 Å². The molecule has 1 aromatic heterocycles. The lowest BCUT2D eigenvalue weighted by Gasteiger charge is -2.25. The first kappa shape index (κ1) is 13.3. The first-order valence-corrected chi connectivity index (χ1v) is 5.50. The molecule has 1 amide bonds. The zero-order chi connectivity index (χ0) is 13.1. The Morgan fingerprint density at radius 1 is 1.53 bits per heavy atom. The topological polar surface area (TPSA) is 79.5 Å². The van der Waals surface area contributed by atoms with E-state index in [2.05, 4.69) is 5.32 Å². The summed E-state index contributed by atoms with van der Waals surface area (Å²) in [5.41, 5.74) is -0.871. The minimum absolute atomic E-state index is 0.369. The summed E-state index contributed by atoms with van der Waals surface area (Å²) in [6.07, 6.45) is 2.46. The number of amides is 1. The summed E-state index contributed by atoms with van der Waals surface area (Å²) in [4.78, 5) is 23.1. The SMILES string of the molecule is CCCC(C)(NC(=O)c1ccoc1C)C(=O)O. The summed E-state index contributed by atoms with van der Waals surface area (Å²) in [5, 5.41) is 11.7. The minimum atomic E-state index is -1.24. The molecule has 1 unspecified atom stereocenters. The largest absolute Gasteiger partial charge is 0.480 e. The van der Waals surface area contributed by atoms with E-state index in [9.17, 15) is 9.59 Å². The highest BCUT2D eigenvalue weighted by atomic mass is 16.4. The average molecular weight is 239 g/mol. The van der Waals surface area contributed by atoms with Gasteiger partial charge in [-0.05, 0) is 26.3 Å². The van der Waals surface area contributed by atoms with Crippen LogP contribution in [0.5, 0.6) is 0 Å². The van der Waals surface area contributed by atoms with Crippen molar-refractivity contribution in [3.63, 3.8) is 0 Å². The maximum absolute atomic E-state index is 11.9. The number of aliphatic carboxylic acids is 1. The molecule has 0 radical (unpaired) electrons. The molecule has 1 atom stereocenters. The van der Waals surface area contributed by atoms with Crippen LogP contribution in [0.4, 0.5) is 0 Å². The molecule has 94 valence electrons. The van der Waals surface area contributed by atoms with E-state index in [0.29, 0.717) is 24.2 Å². The predicted molar refractivity (Wildman–Crippen MR) is 61.9 cm³/mol. The molecule has 0 fully saturated rings. The van der Waals surface area contributed by atoms with Crippen molar-refractivity contribution >= 4 is 11.9 Å². The van der Waals surface area contributed by atoms with Crippen LogP contribution in [-0.2, 0) is 4.79 Å². The van der Waals surface area contributed by atoms with Crippen molar-refractivity contribution in [2.24, 2.45) is 0 Å². The monoisotopic (exact) mass is 239 g/mol. The van der Waals surface area contributed by atoms with Gasteiger partial charge in [-0.3, -0.25) is 4.79 Å². The van der Waals surface area contributed by atoms with Gasteiger partial charge in [0.05, 0.1) is 11.8 Å².